The summed E-state index contributed by atoms with van der Waals surface area (Å²) in [4.78, 5) is 24.8. The minimum absolute atomic E-state index is 0.0189. The molecule has 0 radical (unpaired) electrons. The van der Waals surface area contributed by atoms with E-state index in [0.717, 1.165) is 30.6 Å². The van der Waals surface area contributed by atoms with Gasteiger partial charge in [0.05, 0.1) is 13.0 Å². The molecule has 2 aliphatic carbocycles. The van der Waals surface area contributed by atoms with Crippen LogP contribution in [-0.4, -0.2) is 29.1 Å². The Morgan fingerprint density at radius 1 is 1.14 bits per heavy atom. The summed E-state index contributed by atoms with van der Waals surface area (Å²) in [5, 5.41) is 8.07. The second-order valence-electron chi connectivity index (χ2n) is 7.65. The van der Waals surface area contributed by atoms with E-state index in [-0.39, 0.29) is 29.6 Å². The summed E-state index contributed by atoms with van der Waals surface area (Å²) in [5.74, 6) is 1.23. The van der Waals surface area contributed by atoms with Gasteiger partial charge in [-0.05, 0) is 56.9 Å². The summed E-state index contributed by atoms with van der Waals surface area (Å²) in [6.45, 7) is 1.72. The molecule has 4 atom stereocenters. The maximum atomic E-state index is 12.6. The Hall–Kier alpha value is -2.70. The smallest absolute Gasteiger partial charge is 0.309 e. The van der Waals surface area contributed by atoms with Crippen molar-refractivity contribution in [2.75, 3.05) is 7.11 Å². The van der Waals surface area contributed by atoms with E-state index in [1.165, 1.54) is 0 Å². The van der Waals surface area contributed by atoms with E-state index in [1.807, 2.05) is 24.3 Å². The van der Waals surface area contributed by atoms with Gasteiger partial charge in [0.25, 0.3) is 5.89 Å². The summed E-state index contributed by atoms with van der Waals surface area (Å²) < 4.78 is 16.4. The van der Waals surface area contributed by atoms with Crippen LogP contribution in [0.2, 0.25) is 0 Å². The Labute approximate surface area is 163 Å². The van der Waals surface area contributed by atoms with Crippen molar-refractivity contribution in [3.05, 3.63) is 30.2 Å². The Morgan fingerprint density at radius 2 is 1.82 bits per heavy atom. The molecule has 148 valence electrons. The first-order valence-corrected chi connectivity index (χ1v) is 9.77. The quantitative estimate of drug-likeness (QED) is 0.725. The number of carbonyl (C=O) groups excluding carboxylic acids is 2. The van der Waals surface area contributed by atoms with Crippen molar-refractivity contribution >= 4 is 11.8 Å². The molecule has 2 aromatic rings. The highest BCUT2D eigenvalue weighted by Gasteiger charge is 2.42. The van der Waals surface area contributed by atoms with Crippen LogP contribution in [0.3, 0.4) is 0 Å². The first kappa shape index (κ1) is 18.7. The third-order valence-electron chi connectivity index (χ3n) is 5.80. The highest BCUT2D eigenvalue weighted by molar-refractivity contribution is 5.87. The average molecular weight is 384 g/mol. The fourth-order valence-corrected chi connectivity index (χ4v) is 4.24. The molecule has 0 amide bonds. The van der Waals surface area contributed by atoms with Gasteiger partial charge in [0.1, 0.15) is 11.5 Å². The fourth-order valence-electron chi connectivity index (χ4n) is 4.24. The van der Waals surface area contributed by atoms with E-state index in [0.29, 0.717) is 24.5 Å². The number of benzene rings is 1. The van der Waals surface area contributed by atoms with Gasteiger partial charge in [-0.1, -0.05) is 6.42 Å². The molecule has 0 aliphatic heterocycles. The van der Waals surface area contributed by atoms with E-state index >= 15 is 0 Å². The van der Waals surface area contributed by atoms with Gasteiger partial charge in [-0.15, -0.1) is 10.2 Å². The van der Waals surface area contributed by atoms with E-state index in [1.54, 1.807) is 14.0 Å². The molecule has 7 heteroatoms. The number of rotatable bonds is 5. The molecule has 1 aromatic heterocycles. The van der Waals surface area contributed by atoms with Crippen molar-refractivity contribution in [1.29, 1.82) is 0 Å². The van der Waals surface area contributed by atoms with Crippen LogP contribution in [0, 0.1) is 17.8 Å². The highest BCUT2D eigenvalue weighted by atomic mass is 16.6. The standard InChI is InChI=1S/C21H24N2O5/c1-12(19-22-23-20(28-19)13-6-8-17(26-2)9-7-13)27-21(25)16-10-14-4-3-5-15(11-16)18(14)24/h6-9,12,14-16H,3-5,10-11H2,1-2H3/t12-,14-,15+,16?/m1/s1. The maximum Gasteiger partial charge on any atom is 0.309 e. The van der Waals surface area contributed by atoms with Crippen molar-refractivity contribution in [2.24, 2.45) is 17.8 Å². The summed E-state index contributed by atoms with van der Waals surface area (Å²) in [6, 6.07) is 7.27. The van der Waals surface area contributed by atoms with Crippen molar-refractivity contribution in [1.82, 2.24) is 10.2 Å². The molecule has 1 heterocycles. The molecule has 28 heavy (non-hydrogen) atoms. The molecule has 0 N–H and O–H groups in total. The normalized spacial score (nSPS) is 25.2. The van der Waals surface area contributed by atoms with Gasteiger partial charge in [0, 0.05) is 17.4 Å². The lowest BCUT2D eigenvalue weighted by Crippen LogP contribution is -2.39. The van der Waals surface area contributed by atoms with Gasteiger partial charge < -0.3 is 13.9 Å². The molecular weight excluding hydrogens is 360 g/mol. The van der Waals surface area contributed by atoms with E-state index in [9.17, 15) is 9.59 Å². The number of ketones is 1. The fraction of sp³-hybridized carbons (Fsp3) is 0.524. The first-order chi connectivity index (χ1) is 13.5. The molecule has 1 aromatic carbocycles. The van der Waals surface area contributed by atoms with Crippen LogP contribution in [0.1, 0.15) is 51.0 Å². The van der Waals surface area contributed by atoms with Crippen LogP contribution < -0.4 is 4.74 Å². The second kappa shape index (κ2) is 7.73. The zero-order valence-corrected chi connectivity index (χ0v) is 16.1. The predicted molar refractivity (Wildman–Crippen MR) is 99.4 cm³/mol. The van der Waals surface area contributed by atoms with Crippen molar-refractivity contribution in [2.45, 2.75) is 45.1 Å². The zero-order valence-electron chi connectivity index (χ0n) is 16.1. The zero-order chi connectivity index (χ0) is 19.7. The predicted octanol–water partition coefficient (Wildman–Crippen LogP) is 3.74. The average Bonchev–Trinajstić information content (AvgIpc) is 3.18. The number of aromatic nitrogens is 2. The van der Waals surface area contributed by atoms with Crippen LogP contribution >= 0.6 is 0 Å². The van der Waals surface area contributed by atoms with Gasteiger partial charge in [0.15, 0.2) is 6.10 Å². The van der Waals surface area contributed by atoms with Gasteiger partial charge in [0.2, 0.25) is 5.89 Å². The van der Waals surface area contributed by atoms with Gasteiger partial charge in [-0.3, -0.25) is 9.59 Å². The molecule has 1 unspecified atom stereocenters. The van der Waals surface area contributed by atoms with E-state index in [4.69, 9.17) is 13.9 Å². The van der Waals surface area contributed by atoms with Crippen LogP contribution in [0.25, 0.3) is 11.5 Å². The van der Waals surface area contributed by atoms with Gasteiger partial charge in [-0.2, -0.15) is 0 Å². The lowest BCUT2D eigenvalue weighted by atomic mass is 9.67. The monoisotopic (exact) mass is 384 g/mol. The second-order valence-corrected chi connectivity index (χ2v) is 7.65. The van der Waals surface area contributed by atoms with Crippen LogP contribution in [-0.2, 0) is 14.3 Å². The molecule has 4 rings (SSSR count). The maximum absolute atomic E-state index is 12.6. The topological polar surface area (TPSA) is 91.5 Å². The number of esters is 1. The molecule has 7 nitrogen and oxygen atoms in total. The lowest BCUT2D eigenvalue weighted by molar-refractivity contribution is -0.159. The lowest BCUT2D eigenvalue weighted by Gasteiger charge is -2.36. The van der Waals surface area contributed by atoms with Crippen molar-refractivity contribution in [3.8, 4) is 17.2 Å². The number of hydrogen-bond donors (Lipinski definition) is 0. The SMILES string of the molecule is COc1ccc(-c2nnc([C@@H](C)OC(=O)C3C[C@H]4CCC[C@@H](C3)C4=O)o2)cc1. The first-order valence-electron chi connectivity index (χ1n) is 9.77. The summed E-state index contributed by atoms with van der Waals surface area (Å²) >= 11 is 0. The van der Waals surface area contributed by atoms with E-state index < -0.39 is 6.10 Å². The number of ether oxygens (including phenoxy) is 2. The largest absolute Gasteiger partial charge is 0.497 e. The van der Waals surface area contributed by atoms with Crippen molar-refractivity contribution < 1.29 is 23.5 Å². The number of hydrogen-bond acceptors (Lipinski definition) is 7. The number of methoxy groups -OCH3 is 1. The summed E-state index contributed by atoms with van der Waals surface area (Å²) in [6.07, 6.45) is 3.43. The van der Waals surface area contributed by atoms with Crippen LogP contribution in [0.4, 0.5) is 0 Å². The molecule has 0 spiro atoms. The molecule has 2 aliphatic rings. The molecule has 2 bridgehead atoms. The Morgan fingerprint density at radius 3 is 2.46 bits per heavy atom. The highest BCUT2D eigenvalue weighted by Crippen LogP contribution is 2.41. The number of Topliss-reactive ketones (excluding diaryl/α,β-unsaturated/α-hetero) is 1. The summed E-state index contributed by atoms with van der Waals surface area (Å²) in [7, 11) is 1.60. The van der Waals surface area contributed by atoms with Crippen LogP contribution in [0.5, 0.6) is 5.75 Å². The third-order valence-corrected chi connectivity index (χ3v) is 5.80. The third kappa shape index (κ3) is 3.66. The molecule has 2 fully saturated rings. The number of carbonyl (C=O) groups is 2. The van der Waals surface area contributed by atoms with Gasteiger partial charge >= 0.3 is 5.97 Å². The Balaban J connectivity index is 1.39. The molecular formula is C21H24N2O5. The van der Waals surface area contributed by atoms with E-state index in [2.05, 4.69) is 10.2 Å². The van der Waals surface area contributed by atoms with Crippen LogP contribution in [0.15, 0.2) is 28.7 Å². The van der Waals surface area contributed by atoms with Gasteiger partial charge in [-0.25, -0.2) is 0 Å². The molecule has 0 saturated heterocycles. The Kier molecular flexibility index (Phi) is 5.15. The van der Waals surface area contributed by atoms with Crippen molar-refractivity contribution in [3.63, 3.8) is 0 Å². The minimum atomic E-state index is -0.635. The summed E-state index contributed by atoms with van der Waals surface area (Å²) in [5.41, 5.74) is 0.761. The minimum Gasteiger partial charge on any atom is -0.497 e. The molecule has 2 saturated carbocycles. The number of nitrogens with zero attached hydrogens (tertiary/aromatic N) is 2. The number of fused-ring (bicyclic) bond motifs is 2. The Bertz CT molecular complexity index is 844.